The van der Waals surface area contributed by atoms with Crippen molar-refractivity contribution >= 4 is 29.2 Å². The predicted molar refractivity (Wildman–Crippen MR) is 73.9 cm³/mol. The van der Waals surface area contributed by atoms with E-state index in [4.69, 9.17) is 11.6 Å². The van der Waals surface area contributed by atoms with Crippen molar-refractivity contribution in [2.24, 2.45) is 0 Å². The summed E-state index contributed by atoms with van der Waals surface area (Å²) >= 11 is 7.54. The summed E-state index contributed by atoms with van der Waals surface area (Å²) in [6, 6.07) is 1.82. The van der Waals surface area contributed by atoms with Crippen LogP contribution in [0.4, 0.5) is 5.82 Å². The van der Waals surface area contributed by atoms with E-state index in [0.717, 1.165) is 12.2 Å². The Morgan fingerprint density at radius 3 is 2.76 bits per heavy atom. The molecule has 2 N–H and O–H groups in total. The summed E-state index contributed by atoms with van der Waals surface area (Å²) in [5, 5.41) is 13.0. The molecule has 0 bridgehead atoms. The van der Waals surface area contributed by atoms with Gasteiger partial charge in [-0.2, -0.15) is 11.8 Å². The Balaban J connectivity index is 2.76. The molecule has 0 aromatic carbocycles. The number of nitrogens with zero attached hydrogens (tertiary/aromatic N) is 2. The van der Waals surface area contributed by atoms with E-state index < -0.39 is 0 Å². The molecule has 1 aromatic heterocycles. The average Bonchev–Trinajstić information content (AvgIpc) is 2.29. The number of rotatable bonds is 6. The van der Waals surface area contributed by atoms with Crippen LogP contribution in [0.2, 0.25) is 5.15 Å². The third-order valence-electron chi connectivity index (χ3n) is 2.47. The van der Waals surface area contributed by atoms with Gasteiger partial charge in [0, 0.05) is 23.8 Å². The zero-order valence-electron chi connectivity index (χ0n) is 10.3. The van der Waals surface area contributed by atoms with Gasteiger partial charge in [0.1, 0.15) is 16.8 Å². The van der Waals surface area contributed by atoms with Crippen LogP contribution in [0.5, 0.6) is 0 Å². The molecule has 0 saturated heterocycles. The molecule has 2 atom stereocenters. The Morgan fingerprint density at radius 1 is 1.53 bits per heavy atom. The van der Waals surface area contributed by atoms with E-state index in [1.165, 1.54) is 0 Å². The van der Waals surface area contributed by atoms with Gasteiger partial charge in [-0.05, 0) is 13.2 Å². The number of hydrogen-bond donors (Lipinski definition) is 2. The van der Waals surface area contributed by atoms with E-state index >= 15 is 0 Å². The first-order valence-corrected chi connectivity index (χ1v) is 7.21. The van der Waals surface area contributed by atoms with Crippen molar-refractivity contribution in [3.05, 3.63) is 17.0 Å². The van der Waals surface area contributed by atoms with Crippen molar-refractivity contribution in [1.29, 1.82) is 0 Å². The number of thioether (sulfide) groups is 1. The molecular formula is C11H18ClN3OS. The lowest BCUT2D eigenvalue weighted by Crippen LogP contribution is -2.31. The molecule has 2 unspecified atom stereocenters. The highest BCUT2D eigenvalue weighted by molar-refractivity contribution is 7.99. The van der Waals surface area contributed by atoms with Gasteiger partial charge >= 0.3 is 0 Å². The first-order valence-electron chi connectivity index (χ1n) is 5.54. The molecule has 17 heavy (non-hydrogen) atoms. The molecule has 0 aliphatic carbocycles. The molecule has 0 saturated carbocycles. The molecule has 1 rings (SSSR count). The van der Waals surface area contributed by atoms with E-state index in [1.807, 2.05) is 20.1 Å². The molecule has 0 amide bonds. The summed E-state index contributed by atoms with van der Waals surface area (Å²) < 4.78 is 0. The molecule has 1 heterocycles. The number of aliphatic hydroxyl groups is 1. The highest BCUT2D eigenvalue weighted by atomic mass is 35.5. The lowest BCUT2D eigenvalue weighted by Gasteiger charge is -2.22. The number of hydrogen-bond acceptors (Lipinski definition) is 5. The maximum absolute atomic E-state index is 9.21. The Bertz CT molecular complexity index is 361. The van der Waals surface area contributed by atoms with Crippen LogP contribution >= 0.6 is 23.4 Å². The van der Waals surface area contributed by atoms with Gasteiger partial charge in [-0.25, -0.2) is 9.97 Å². The summed E-state index contributed by atoms with van der Waals surface area (Å²) in [6.07, 6.45) is 2.72. The van der Waals surface area contributed by atoms with Crippen molar-refractivity contribution in [3.8, 4) is 0 Å². The number of aromatic nitrogens is 2. The van der Waals surface area contributed by atoms with Crippen molar-refractivity contribution < 1.29 is 5.11 Å². The van der Waals surface area contributed by atoms with E-state index in [1.54, 1.807) is 17.8 Å². The molecule has 96 valence electrons. The normalized spacial score (nSPS) is 14.4. The van der Waals surface area contributed by atoms with Gasteiger partial charge in [-0.3, -0.25) is 0 Å². The van der Waals surface area contributed by atoms with Gasteiger partial charge in [0.05, 0.1) is 6.61 Å². The Kier molecular flexibility index (Phi) is 6.02. The highest BCUT2D eigenvalue weighted by Crippen LogP contribution is 2.17. The predicted octanol–water partition coefficient (Wildman–Crippen LogP) is 2.22. The molecule has 0 fully saturated rings. The molecule has 0 radical (unpaired) electrons. The topological polar surface area (TPSA) is 58.0 Å². The van der Waals surface area contributed by atoms with E-state index in [9.17, 15) is 5.11 Å². The van der Waals surface area contributed by atoms with E-state index in [0.29, 0.717) is 11.0 Å². The number of nitrogens with one attached hydrogen (secondary N) is 1. The summed E-state index contributed by atoms with van der Waals surface area (Å²) in [5.41, 5.74) is 0. The van der Waals surface area contributed by atoms with Crippen LogP contribution in [-0.4, -0.2) is 39.2 Å². The summed E-state index contributed by atoms with van der Waals surface area (Å²) in [4.78, 5) is 8.45. The molecule has 0 spiro atoms. The first kappa shape index (κ1) is 14.5. The van der Waals surface area contributed by atoms with Crippen molar-refractivity contribution in [3.63, 3.8) is 0 Å². The molecule has 0 aliphatic heterocycles. The fraction of sp³-hybridized carbons (Fsp3) is 0.636. The number of halogens is 1. The number of anilines is 1. The minimum Gasteiger partial charge on any atom is -0.395 e. The largest absolute Gasteiger partial charge is 0.395 e. The lowest BCUT2D eigenvalue weighted by molar-refractivity contribution is 0.288. The van der Waals surface area contributed by atoms with Gasteiger partial charge in [0.15, 0.2) is 0 Å². The highest BCUT2D eigenvalue weighted by Gasteiger charge is 2.15. The van der Waals surface area contributed by atoms with Gasteiger partial charge < -0.3 is 10.4 Å². The average molecular weight is 276 g/mol. The molecular weight excluding hydrogens is 258 g/mol. The van der Waals surface area contributed by atoms with Crippen molar-refractivity contribution in [1.82, 2.24) is 9.97 Å². The smallest absolute Gasteiger partial charge is 0.134 e. The lowest BCUT2D eigenvalue weighted by atomic mass is 10.2. The number of aliphatic hydroxyl groups excluding tert-OH is 1. The van der Waals surface area contributed by atoms with Gasteiger partial charge in [0.25, 0.3) is 0 Å². The summed E-state index contributed by atoms with van der Waals surface area (Å²) in [6.45, 7) is 4.13. The third-order valence-corrected chi connectivity index (χ3v) is 3.83. The zero-order valence-corrected chi connectivity index (χ0v) is 11.8. The maximum Gasteiger partial charge on any atom is 0.134 e. The summed E-state index contributed by atoms with van der Waals surface area (Å²) in [5.74, 6) is 1.43. The van der Waals surface area contributed by atoms with Crippen LogP contribution in [0, 0.1) is 0 Å². The molecule has 1 aromatic rings. The van der Waals surface area contributed by atoms with E-state index in [-0.39, 0.29) is 17.9 Å². The molecule has 0 aliphatic rings. The van der Waals surface area contributed by atoms with Crippen molar-refractivity contribution in [2.45, 2.75) is 31.6 Å². The van der Waals surface area contributed by atoms with Crippen LogP contribution in [0.1, 0.15) is 19.7 Å². The minimum absolute atomic E-state index is 0.116. The second-order valence-corrected chi connectivity index (χ2v) is 5.20. The standard InChI is InChI=1S/C11H18ClN3OS/c1-4-10-14-9(12)5-11(15-10)13-7(2)8(6-16)17-3/h5,7-8,16H,4,6H2,1-3H3,(H,13,14,15). The SMILES string of the molecule is CCc1nc(Cl)cc(NC(C)C(CO)SC)n1. The molecule has 4 nitrogen and oxygen atoms in total. The minimum atomic E-state index is 0.116. The third kappa shape index (κ3) is 4.33. The fourth-order valence-corrected chi connectivity index (χ4v) is 2.29. The van der Waals surface area contributed by atoms with Crippen LogP contribution in [-0.2, 0) is 6.42 Å². The van der Waals surface area contributed by atoms with Gasteiger partial charge in [-0.1, -0.05) is 18.5 Å². The maximum atomic E-state index is 9.21. The van der Waals surface area contributed by atoms with Gasteiger partial charge in [-0.15, -0.1) is 0 Å². The van der Waals surface area contributed by atoms with Crippen LogP contribution < -0.4 is 5.32 Å². The van der Waals surface area contributed by atoms with Crippen LogP contribution in [0.25, 0.3) is 0 Å². The second-order valence-electron chi connectivity index (χ2n) is 3.74. The van der Waals surface area contributed by atoms with E-state index in [2.05, 4.69) is 15.3 Å². The van der Waals surface area contributed by atoms with Crippen molar-refractivity contribution in [2.75, 3.05) is 18.2 Å². The fourth-order valence-electron chi connectivity index (χ4n) is 1.46. The second kappa shape index (κ2) is 7.03. The van der Waals surface area contributed by atoms with Crippen LogP contribution in [0.15, 0.2) is 6.07 Å². The zero-order chi connectivity index (χ0) is 12.8. The quantitative estimate of drug-likeness (QED) is 0.780. The Hall–Kier alpha value is -0.520. The van der Waals surface area contributed by atoms with Gasteiger partial charge in [0.2, 0.25) is 0 Å². The Labute approximate surface area is 111 Å². The van der Waals surface area contributed by atoms with Crippen LogP contribution in [0.3, 0.4) is 0 Å². The first-order chi connectivity index (χ1) is 8.10. The summed E-state index contributed by atoms with van der Waals surface area (Å²) in [7, 11) is 0. The number of aryl methyl sites for hydroxylation is 1. The Morgan fingerprint density at radius 2 is 2.24 bits per heavy atom. The monoisotopic (exact) mass is 275 g/mol. The molecule has 6 heteroatoms.